The van der Waals surface area contributed by atoms with E-state index < -0.39 is 0 Å². The number of benzene rings is 2. The van der Waals surface area contributed by atoms with Crippen LogP contribution >= 0.6 is 15.9 Å². The first-order valence-corrected chi connectivity index (χ1v) is 8.43. The highest BCUT2D eigenvalue weighted by atomic mass is 79.9. The highest BCUT2D eigenvalue weighted by Crippen LogP contribution is 2.17. The molecule has 2 aromatic carbocycles. The van der Waals surface area contributed by atoms with Gasteiger partial charge in [-0.2, -0.15) is 0 Å². The van der Waals surface area contributed by atoms with E-state index in [-0.39, 0.29) is 12.6 Å². The van der Waals surface area contributed by atoms with E-state index >= 15 is 0 Å². The summed E-state index contributed by atoms with van der Waals surface area (Å²) in [5.74, 6) is 6.47. The van der Waals surface area contributed by atoms with Gasteiger partial charge in [0.2, 0.25) is 0 Å². The fraction of sp³-hybridized carbons (Fsp3) is 0.211. The molecule has 0 aliphatic carbocycles. The van der Waals surface area contributed by atoms with Crippen molar-refractivity contribution in [2.75, 3.05) is 19.7 Å². The molecule has 0 aliphatic rings. The second-order valence-corrected chi connectivity index (χ2v) is 5.86. The Kier molecular flexibility index (Phi) is 7.72. The number of hydrogen-bond acceptors (Lipinski definition) is 2. The zero-order valence-corrected chi connectivity index (χ0v) is 14.8. The molecule has 0 atom stereocenters. The summed E-state index contributed by atoms with van der Waals surface area (Å²) < 4.78 is 6.44. The van der Waals surface area contributed by atoms with Gasteiger partial charge in [-0.1, -0.05) is 64.2 Å². The molecule has 2 rings (SSSR count). The Balaban J connectivity index is 1.56. The van der Waals surface area contributed by atoms with E-state index in [4.69, 9.17) is 4.74 Å². The molecular formula is C19H19BrN2O2. The lowest BCUT2D eigenvalue weighted by molar-refractivity contribution is 0.242. The highest BCUT2D eigenvalue weighted by molar-refractivity contribution is 9.10. The molecule has 0 bridgehead atoms. The Morgan fingerprint density at radius 2 is 1.88 bits per heavy atom. The Morgan fingerprint density at radius 3 is 2.67 bits per heavy atom. The maximum Gasteiger partial charge on any atom is 0.315 e. The van der Waals surface area contributed by atoms with Gasteiger partial charge in [0.05, 0.1) is 6.54 Å². The van der Waals surface area contributed by atoms with Crippen LogP contribution in [0.1, 0.15) is 5.56 Å². The Hall–Kier alpha value is -2.45. The van der Waals surface area contributed by atoms with Crippen molar-refractivity contribution in [1.82, 2.24) is 10.6 Å². The molecule has 0 heterocycles. The molecule has 0 spiro atoms. The lowest BCUT2D eigenvalue weighted by atomic mass is 10.1. The molecule has 0 fully saturated rings. The summed E-state index contributed by atoms with van der Waals surface area (Å²) in [4.78, 5) is 11.6. The molecule has 0 aromatic heterocycles. The second-order valence-electron chi connectivity index (χ2n) is 4.94. The molecule has 24 heavy (non-hydrogen) atoms. The lowest BCUT2D eigenvalue weighted by Gasteiger charge is -2.05. The lowest BCUT2D eigenvalue weighted by Crippen LogP contribution is -2.36. The van der Waals surface area contributed by atoms with E-state index in [0.717, 1.165) is 16.6 Å². The molecule has 2 N–H and O–H groups in total. The third-order valence-corrected chi connectivity index (χ3v) is 3.60. The van der Waals surface area contributed by atoms with Crippen LogP contribution in [0.5, 0.6) is 5.75 Å². The van der Waals surface area contributed by atoms with Crippen LogP contribution in [0.4, 0.5) is 4.79 Å². The minimum absolute atomic E-state index is 0.215. The number of carbonyl (C=O) groups excluding carboxylic acids is 1. The van der Waals surface area contributed by atoms with Gasteiger partial charge < -0.3 is 15.4 Å². The van der Waals surface area contributed by atoms with Gasteiger partial charge in [0.15, 0.2) is 0 Å². The number of halogens is 1. The van der Waals surface area contributed by atoms with Crippen LogP contribution in [0.2, 0.25) is 0 Å². The van der Waals surface area contributed by atoms with Gasteiger partial charge in [-0.25, -0.2) is 4.79 Å². The summed E-state index contributed by atoms with van der Waals surface area (Å²) in [7, 11) is 0. The molecule has 0 unspecified atom stereocenters. The van der Waals surface area contributed by atoms with Crippen molar-refractivity contribution in [1.29, 1.82) is 0 Å². The fourth-order valence-electron chi connectivity index (χ4n) is 1.94. The number of amides is 2. The fourth-order valence-corrected chi connectivity index (χ4v) is 2.32. The summed E-state index contributed by atoms with van der Waals surface area (Å²) in [5.41, 5.74) is 1.20. The predicted octanol–water partition coefficient (Wildman–Crippen LogP) is 3.37. The SMILES string of the molecule is O=C(NCC#CCOc1cccc(Br)c1)NCCc1ccccc1. The number of ether oxygens (including phenoxy) is 1. The Bertz CT molecular complexity index is 708. The van der Waals surface area contributed by atoms with Crippen molar-refractivity contribution in [2.24, 2.45) is 0 Å². The first kappa shape index (κ1) is 17.9. The third kappa shape index (κ3) is 7.21. The van der Waals surface area contributed by atoms with E-state index in [2.05, 4.69) is 38.4 Å². The zero-order valence-electron chi connectivity index (χ0n) is 13.2. The van der Waals surface area contributed by atoms with Gasteiger partial charge in [0.1, 0.15) is 12.4 Å². The van der Waals surface area contributed by atoms with Crippen LogP contribution in [0.25, 0.3) is 0 Å². The van der Waals surface area contributed by atoms with Gasteiger partial charge in [-0.3, -0.25) is 0 Å². The Labute approximate surface area is 150 Å². The van der Waals surface area contributed by atoms with Gasteiger partial charge in [0, 0.05) is 11.0 Å². The normalized spacial score (nSPS) is 9.54. The molecule has 4 nitrogen and oxygen atoms in total. The monoisotopic (exact) mass is 386 g/mol. The van der Waals surface area contributed by atoms with Gasteiger partial charge in [-0.05, 0) is 30.2 Å². The van der Waals surface area contributed by atoms with E-state index in [1.54, 1.807) is 0 Å². The first-order valence-electron chi connectivity index (χ1n) is 7.64. The van der Waals surface area contributed by atoms with Crippen molar-refractivity contribution in [2.45, 2.75) is 6.42 Å². The van der Waals surface area contributed by atoms with Crippen LogP contribution in [0.3, 0.4) is 0 Å². The van der Waals surface area contributed by atoms with E-state index in [1.807, 2.05) is 54.6 Å². The Morgan fingerprint density at radius 1 is 1.04 bits per heavy atom. The molecule has 124 valence electrons. The van der Waals surface area contributed by atoms with Gasteiger partial charge in [0.25, 0.3) is 0 Å². The standard InChI is InChI=1S/C19H19BrN2O2/c20-17-9-6-10-18(15-17)24-14-5-4-12-21-19(23)22-13-11-16-7-2-1-3-8-16/h1-3,6-10,15H,11-14H2,(H2,21,22,23). The highest BCUT2D eigenvalue weighted by Gasteiger charge is 1.97. The summed E-state index contributed by atoms with van der Waals surface area (Å²) >= 11 is 3.38. The molecule has 0 saturated heterocycles. The predicted molar refractivity (Wildman–Crippen MR) is 99.0 cm³/mol. The molecule has 0 radical (unpaired) electrons. The van der Waals surface area contributed by atoms with Crippen LogP contribution < -0.4 is 15.4 Å². The maximum atomic E-state index is 11.6. The number of urea groups is 1. The number of hydrogen-bond donors (Lipinski definition) is 2. The van der Waals surface area contributed by atoms with E-state index in [0.29, 0.717) is 13.1 Å². The van der Waals surface area contributed by atoms with Crippen molar-refractivity contribution < 1.29 is 9.53 Å². The summed E-state index contributed by atoms with van der Waals surface area (Å²) in [5, 5.41) is 5.49. The minimum Gasteiger partial charge on any atom is -0.481 e. The van der Waals surface area contributed by atoms with Crippen LogP contribution in [0, 0.1) is 11.8 Å². The van der Waals surface area contributed by atoms with Gasteiger partial charge in [-0.15, -0.1) is 0 Å². The molecular weight excluding hydrogens is 368 g/mol. The smallest absolute Gasteiger partial charge is 0.315 e. The zero-order chi connectivity index (χ0) is 17.0. The molecule has 5 heteroatoms. The average molecular weight is 387 g/mol. The van der Waals surface area contributed by atoms with E-state index in [1.165, 1.54) is 5.56 Å². The van der Waals surface area contributed by atoms with Crippen molar-refractivity contribution in [3.63, 3.8) is 0 Å². The number of nitrogens with one attached hydrogen (secondary N) is 2. The number of rotatable bonds is 6. The summed E-state index contributed by atoms with van der Waals surface area (Å²) in [6, 6.07) is 17.4. The number of carbonyl (C=O) groups is 1. The second kappa shape index (κ2) is 10.3. The van der Waals surface area contributed by atoms with E-state index in [9.17, 15) is 4.79 Å². The molecule has 0 aliphatic heterocycles. The minimum atomic E-state index is -0.215. The molecule has 0 saturated carbocycles. The van der Waals surface area contributed by atoms with Crippen molar-refractivity contribution >= 4 is 22.0 Å². The summed E-state index contributed by atoms with van der Waals surface area (Å²) in [6.45, 7) is 1.17. The van der Waals surface area contributed by atoms with Crippen molar-refractivity contribution in [3.05, 3.63) is 64.6 Å². The molecule has 2 amide bonds. The van der Waals surface area contributed by atoms with Crippen LogP contribution in [-0.4, -0.2) is 25.7 Å². The summed E-state index contributed by atoms with van der Waals surface area (Å²) in [6.07, 6.45) is 0.806. The largest absolute Gasteiger partial charge is 0.481 e. The van der Waals surface area contributed by atoms with Crippen LogP contribution in [-0.2, 0) is 6.42 Å². The van der Waals surface area contributed by atoms with Gasteiger partial charge >= 0.3 is 6.03 Å². The quantitative estimate of drug-likeness (QED) is 0.747. The first-order chi connectivity index (χ1) is 11.7. The third-order valence-electron chi connectivity index (χ3n) is 3.11. The van der Waals surface area contributed by atoms with Crippen molar-refractivity contribution in [3.8, 4) is 17.6 Å². The molecule has 2 aromatic rings. The average Bonchev–Trinajstić information content (AvgIpc) is 2.59. The van der Waals surface area contributed by atoms with Crippen LogP contribution in [0.15, 0.2) is 59.1 Å². The maximum absolute atomic E-state index is 11.6. The topological polar surface area (TPSA) is 50.4 Å².